The summed E-state index contributed by atoms with van der Waals surface area (Å²) in [4.78, 5) is 15.8. The van der Waals surface area contributed by atoms with Gasteiger partial charge in [0, 0.05) is 10.9 Å². The summed E-state index contributed by atoms with van der Waals surface area (Å²) in [5, 5.41) is 12.3. The molecule has 0 aliphatic heterocycles. The molecule has 0 saturated heterocycles. The monoisotopic (exact) mass is 373 g/mol. The Balaban J connectivity index is 0.000000615. The van der Waals surface area contributed by atoms with Crippen molar-refractivity contribution in [3.05, 3.63) is 46.8 Å². The van der Waals surface area contributed by atoms with Crippen LogP contribution in [-0.4, -0.2) is 16.1 Å². The van der Waals surface area contributed by atoms with Crippen molar-refractivity contribution >= 4 is 28.2 Å². The lowest BCUT2D eigenvalue weighted by atomic mass is 9.94. The molecule has 0 aliphatic rings. The van der Waals surface area contributed by atoms with Crippen LogP contribution in [0.15, 0.2) is 35.7 Å². The van der Waals surface area contributed by atoms with E-state index in [0.717, 1.165) is 23.0 Å². The minimum Gasteiger partial charge on any atom is -0.478 e. The zero-order valence-electron chi connectivity index (χ0n) is 16.7. The number of fused-ring (bicyclic) bond motifs is 1. The first-order valence-electron chi connectivity index (χ1n) is 9.46. The topological polar surface area (TPSA) is 53.1 Å². The third kappa shape index (κ3) is 4.98. The number of H-pyrrole nitrogens is 1. The average Bonchev–Trinajstić information content (AvgIpc) is 3.30. The number of rotatable bonds is 4. The highest BCUT2D eigenvalue weighted by molar-refractivity contribution is 7.13. The van der Waals surface area contributed by atoms with Crippen molar-refractivity contribution in [1.82, 2.24) is 4.98 Å². The number of benzene rings is 1. The van der Waals surface area contributed by atoms with Crippen LogP contribution in [0.2, 0.25) is 0 Å². The lowest BCUT2D eigenvalue weighted by Crippen LogP contribution is -1.95. The molecule has 0 bridgehead atoms. The Morgan fingerprint density at radius 3 is 2.35 bits per heavy atom. The van der Waals surface area contributed by atoms with Gasteiger partial charge in [-0.15, -0.1) is 11.3 Å². The van der Waals surface area contributed by atoms with E-state index in [9.17, 15) is 4.79 Å². The van der Waals surface area contributed by atoms with E-state index in [1.165, 1.54) is 16.9 Å². The minimum absolute atomic E-state index is 0.317. The normalized spacial score (nSPS) is 11.2. The van der Waals surface area contributed by atoms with Crippen LogP contribution in [-0.2, 0) is 0 Å². The van der Waals surface area contributed by atoms with Crippen molar-refractivity contribution in [2.45, 2.75) is 60.3 Å². The summed E-state index contributed by atoms with van der Waals surface area (Å²) in [5.41, 5.74) is 3.62. The molecule has 0 fully saturated rings. The van der Waals surface area contributed by atoms with Crippen molar-refractivity contribution < 1.29 is 9.90 Å². The largest absolute Gasteiger partial charge is 0.478 e. The van der Waals surface area contributed by atoms with Gasteiger partial charge in [0.05, 0.1) is 16.1 Å². The summed E-state index contributed by atoms with van der Waals surface area (Å²) in [7, 11) is 0. The smallest absolute Gasteiger partial charge is 0.335 e. The molecule has 3 aromatic rings. The number of carboxylic acid groups (broad SMARTS) is 1. The van der Waals surface area contributed by atoms with Crippen LogP contribution in [0.25, 0.3) is 21.5 Å². The predicted octanol–water partition coefficient (Wildman–Crippen LogP) is 7.55. The van der Waals surface area contributed by atoms with E-state index in [-0.39, 0.29) is 0 Å². The highest BCUT2D eigenvalue weighted by atomic mass is 32.1. The fraction of sp³-hybridized carbons (Fsp3) is 0.409. The second-order valence-corrected chi connectivity index (χ2v) is 6.92. The molecule has 1 unspecified atom stereocenters. The molecular weight excluding hydrogens is 342 g/mol. The highest BCUT2D eigenvalue weighted by Crippen LogP contribution is 2.38. The van der Waals surface area contributed by atoms with E-state index >= 15 is 0 Å². The predicted molar refractivity (Wildman–Crippen MR) is 115 cm³/mol. The third-order valence-electron chi connectivity index (χ3n) is 3.96. The van der Waals surface area contributed by atoms with E-state index < -0.39 is 5.97 Å². The van der Waals surface area contributed by atoms with Gasteiger partial charge < -0.3 is 10.1 Å². The molecule has 3 rings (SSSR count). The number of hydrogen-bond donors (Lipinski definition) is 2. The van der Waals surface area contributed by atoms with E-state index in [1.54, 1.807) is 23.5 Å². The number of nitrogens with one attached hydrogen (secondary N) is 1. The number of carboxylic acids is 1. The molecule has 0 amide bonds. The van der Waals surface area contributed by atoms with Crippen LogP contribution in [0.5, 0.6) is 0 Å². The maximum Gasteiger partial charge on any atom is 0.335 e. The number of aromatic nitrogens is 1. The molecule has 3 nitrogen and oxygen atoms in total. The Morgan fingerprint density at radius 1 is 1.19 bits per heavy atom. The molecule has 0 radical (unpaired) electrons. The van der Waals surface area contributed by atoms with Gasteiger partial charge in [-0.25, -0.2) is 4.79 Å². The molecule has 0 spiro atoms. The maximum absolute atomic E-state index is 11.1. The van der Waals surface area contributed by atoms with Crippen molar-refractivity contribution in [2.24, 2.45) is 0 Å². The molecule has 2 N–H and O–H groups in total. The zero-order valence-corrected chi connectivity index (χ0v) is 17.5. The van der Waals surface area contributed by atoms with Crippen LogP contribution in [0.4, 0.5) is 0 Å². The van der Waals surface area contributed by atoms with Crippen LogP contribution < -0.4 is 0 Å². The Morgan fingerprint density at radius 2 is 1.85 bits per heavy atom. The van der Waals surface area contributed by atoms with Crippen molar-refractivity contribution in [1.29, 1.82) is 0 Å². The van der Waals surface area contributed by atoms with E-state index in [4.69, 9.17) is 5.11 Å². The van der Waals surface area contributed by atoms with Gasteiger partial charge in [0.1, 0.15) is 0 Å². The molecule has 26 heavy (non-hydrogen) atoms. The number of thiophene rings is 1. The number of aromatic amines is 1. The summed E-state index contributed by atoms with van der Waals surface area (Å²) < 4.78 is 0. The van der Waals surface area contributed by atoms with Gasteiger partial charge in [0.15, 0.2) is 0 Å². The second-order valence-electron chi connectivity index (χ2n) is 5.97. The lowest BCUT2D eigenvalue weighted by Gasteiger charge is -2.10. The van der Waals surface area contributed by atoms with Gasteiger partial charge in [-0.1, -0.05) is 60.1 Å². The molecule has 142 valence electrons. The summed E-state index contributed by atoms with van der Waals surface area (Å²) >= 11 is 1.70. The fourth-order valence-electron chi connectivity index (χ4n) is 2.68. The van der Waals surface area contributed by atoms with Gasteiger partial charge in [-0.3, -0.25) is 0 Å². The standard InChI is InChI=1S/C17H17NO2S.C3H8.C2H6/c1-3-10(2)15-12-7-6-11(17(19)20)9-13(12)18-16(15)14-5-4-8-21-14;1-3-2;1-2/h4-10,18H,3H2,1-2H3,(H,19,20);3H2,1-2H3;1-2H3. The van der Waals surface area contributed by atoms with E-state index in [1.807, 2.05) is 26.0 Å². The van der Waals surface area contributed by atoms with Gasteiger partial charge in [0.2, 0.25) is 0 Å². The zero-order chi connectivity index (χ0) is 19.7. The molecule has 0 aliphatic carbocycles. The Hall–Kier alpha value is -2.07. The van der Waals surface area contributed by atoms with Gasteiger partial charge >= 0.3 is 5.97 Å². The van der Waals surface area contributed by atoms with Crippen LogP contribution in [0, 0.1) is 0 Å². The van der Waals surface area contributed by atoms with Crippen molar-refractivity contribution in [3.63, 3.8) is 0 Å². The van der Waals surface area contributed by atoms with Crippen LogP contribution >= 0.6 is 11.3 Å². The highest BCUT2D eigenvalue weighted by Gasteiger charge is 2.19. The number of hydrogen-bond acceptors (Lipinski definition) is 2. The second kappa shape index (κ2) is 10.8. The first-order chi connectivity index (χ1) is 12.5. The quantitative estimate of drug-likeness (QED) is 0.496. The average molecular weight is 374 g/mol. The summed E-state index contributed by atoms with van der Waals surface area (Å²) in [6.07, 6.45) is 2.30. The molecular formula is C22H31NO2S. The fourth-order valence-corrected chi connectivity index (χ4v) is 3.42. The van der Waals surface area contributed by atoms with Crippen LogP contribution in [0.1, 0.15) is 76.2 Å². The number of aromatic carboxylic acids is 1. The Kier molecular flexibility index (Phi) is 9.14. The third-order valence-corrected chi connectivity index (χ3v) is 4.85. The lowest BCUT2D eigenvalue weighted by molar-refractivity contribution is 0.0697. The van der Waals surface area contributed by atoms with Gasteiger partial charge in [0.25, 0.3) is 0 Å². The molecule has 1 aromatic carbocycles. The first kappa shape index (κ1) is 22.0. The van der Waals surface area contributed by atoms with Gasteiger partial charge in [-0.2, -0.15) is 0 Å². The molecule has 1 atom stereocenters. The van der Waals surface area contributed by atoms with E-state index in [0.29, 0.717) is 11.5 Å². The molecule has 2 heterocycles. The first-order valence-corrected chi connectivity index (χ1v) is 10.3. The van der Waals surface area contributed by atoms with Gasteiger partial charge in [-0.05, 0) is 41.5 Å². The summed E-state index contributed by atoms with van der Waals surface area (Å²) in [5.74, 6) is -0.471. The molecule has 2 aromatic heterocycles. The summed E-state index contributed by atoms with van der Waals surface area (Å²) in [6.45, 7) is 12.6. The van der Waals surface area contributed by atoms with E-state index in [2.05, 4.69) is 44.1 Å². The Bertz CT molecular complexity index is 803. The minimum atomic E-state index is -0.894. The number of carbonyl (C=O) groups is 1. The SMILES string of the molecule is CC.CCC.CCC(C)c1c(-c2cccs2)[nH]c2cc(C(=O)O)ccc12. The Labute approximate surface area is 161 Å². The molecule has 0 saturated carbocycles. The maximum atomic E-state index is 11.1. The van der Waals surface area contributed by atoms with Crippen molar-refractivity contribution in [3.8, 4) is 10.6 Å². The van der Waals surface area contributed by atoms with Crippen molar-refractivity contribution in [2.75, 3.05) is 0 Å². The molecule has 4 heteroatoms. The summed E-state index contributed by atoms with van der Waals surface area (Å²) in [6, 6.07) is 9.46. The van der Waals surface area contributed by atoms with Crippen LogP contribution in [0.3, 0.4) is 0 Å².